The van der Waals surface area contributed by atoms with Gasteiger partial charge < -0.3 is 19.1 Å². The zero-order valence-corrected chi connectivity index (χ0v) is 19.2. The Kier molecular flexibility index (Phi) is 5.93. The van der Waals surface area contributed by atoms with Gasteiger partial charge in [0.2, 0.25) is 0 Å². The third kappa shape index (κ3) is 4.40. The number of ether oxygens (including phenoxy) is 1. The van der Waals surface area contributed by atoms with Gasteiger partial charge in [-0.2, -0.15) is 0 Å². The molecule has 0 amide bonds. The fraction of sp³-hybridized carbons (Fsp3) is 0.348. The lowest BCUT2D eigenvalue weighted by atomic mass is 10.2. The molecule has 166 valence electrons. The summed E-state index contributed by atoms with van der Waals surface area (Å²) < 4.78 is 13.4. The summed E-state index contributed by atoms with van der Waals surface area (Å²) in [5.41, 5.74) is 4.17. The first-order valence-electron chi connectivity index (χ1n) is 10.7. The van der Waals surface area contributed by atoms with Gasteiger partial charge in [-0.05, 0) is 38.0 Å². The highest BCUT2D eigenvalue weighted by molar-refractivity contribution is 6.30. The number of pyridine rings is 1. The Morgan fingerprint density at radius 3 is 2.81 bits per heavy atom. The van der Waals surface area contributed by atoms with Gasteiger partial charge in [-0.15, -0.1) is 0 Å². The summed E-state index contributed by atoms with van der Waals surface area (Å²) in [6.45, 7) is 2.64. The summed E-state index contributed by atoms with van der Waals surface area (Å²) in [4.78, 5) is 9.19. The minimum absolute atomic E-state index is 0.284. The summed E-state index contributed by atoms with van der Waals surface area (Å²) in [6.07, 6.45) is 6.65. The van der Waals surface area contributed by atoms with E-state index in [1.807, 2.05) is 31.5 Å². The maximum Gasteiger partial charge on any atom is 0.174 e. The molecule has 9 heteroatoms. The molecule has 0 unspecified atom stereocenters. The van der Waals surface area contributed by atoms with Gasteiger partial charge in [0.25, 0.3) is 0 Å². The van der Waals surface area contributed by atoms with Gasteiger partial charge in [0, 0.05) is 35.3 Å². The number of fused-ring (bicyclic) bond motifs is 1. The molecule has 32 heavy (non-hydrogen) atoms. The van der Waals surface area contributed by atoms with Crippen LogP contribution in [0.15, 0.2) is 41.2 Å². The molecule has 3 aromatic heterocycles. The maximum atomic E-state index is 6.36. The number of imidazole rings is 1. The quantitative estimate of drug-likeness (QED) is 0.316. The first-order chi connectivity index (χ1) is 15.6. The molecular weight excluding hydrogens is 449 g/mol. The Hall–Kier alpha value is -2.77. The summed E-state index contributed by atoms with van der Waals surface area (Å²) in [5, 5.41) is 8.40. The van der Waals surface area contributed by atoms with Crippen LogP contribution in [-0.2, 0) is 13.2 Å². The van der Waals surface area contributed by atoms with E-state index >= 15 is 0 Å². The van der Waals surface area contributed by atoms with Crippen LogP contribution in [0.2, 0.25) is 10.2 Å². The normalized spacial score (nSPS) is 14.3. The average Bonchev–Trinajstić information content (AvgIpc) is 3.52. The van der Waals surface area contributed by atoms with E-state index in [0.29, 0.717) is 34.3 Å². The summed E-state index contributed by atoms with van der Waals surface area (Å²) in [6, 6.07) is 9.63. The summed E-state index contributed by atoms with van der Waals surface area (Å²) in [5.74, 6) is 1.38. The number of nitrogens with one attached hydrogen (secondary N) is 1. The van der Waals surface area contributed by atoms with Crippen molar-refractivity contribution in [3.05, 3.63) is 63.9 Å². The van der Waals surface area contributed by atoms with Crippen molar-refractivity contribution < 1.29 is 9.26 Å². The minimum Gasteiger partial charge on any atom is -0.485 e. The van der Waals surface area contributed by atoms with Crippen LogP contribution in [0, 0.1) is 6.92 Å². The second-order valence-corrected chi connectivity index (χ2v) is 8.91. The van der Waals surface area contributed by atoms with E-state index in [2.05, 4.69) is 25.0 Å². The molecule has 5 rings (SSSR count). The highest BCUT2D eigenvalue weighted by atomic mass is 35.5. The van der Waals surface area contributed by atoms with Crippen molar-refractivity contribution in [2.24, 2.45) is 0 Å². The molecule has 0 spiro atoms. The molecule has 1 aromatic carbocycles. The molecule has 0 atom stereocenters. The second-order valence-electron chi connectivity index (χ2n) is 8.08. The average molecular weight is 472 g/mol. The highest BCUT2D eigenvalue weighted by Crippen LogP contribution is 2.34. The van der Waals surface area contributed by atoms with E-state index < -0.39 is 0 Å². The zero-order valence-electron chi connectivity index (χ0n) is 17.6. The van der Waals surface area contributed by atoms with E-state index in [1.54, 1.807) is 12.1 Å². The number of anilines is 1. The van der Waals surface area contributed by atoms with E-state index in [0.717, 1.165) is 41.0 Å². The Labute approximate surface area is 195 Å². The molecule has 3 heterocycles. The lowest BCUT2D eigenvalue weighted by Gasteiger charge is -2.14. The van der Waals surface area contributed by atoms with Crippen molar-refractivity contribution in [3.63, 3.8) is 0 Å². The number of hydrogen-bond acceptors (Lipinski definition) is 6. The third-order valence-electron chi connectivity index (χ3n) is 5.76. The van der Waals surface area contributed by atoms with Crippen molar-refractivity contribution in [2.75, 3.05) is 5.32 Å². The lowest BCUT2D eigenvalue weighted by Crippen LogP contribution is -2.06. The van der Waals surface area contributed by atoms with Crippen molar-refractivity contribution in [1.29, 1.82) is 0 Å². The number of aromatic nitrogens is 4. The molecule has 0 aliphatic heterocycles. The monoisotopic (exact) mass is 471 g/mol. The van der Waals surface area contributed by atoms with Crippen LogP contribution in [0.1, 0.15) is 48.7 Å². The third-order valence-corrected chi connectivity index (χ3v) is 6.18. The fourth-order valence-electron chi connectivity index (χ4n) is 4.21. The Morgan fingerprint density at radius 1 is 1.19 bits per heavy atom. The van der Waals surface area contributed by atoms with Gasteiger partial charge >= 0.3 is 0 Å². The van der Waals surface area contributed by atoms with E-state index in [1.165, 1.54) is 12.8 Å². The fourth-order valence-corrected chi connectivity index (χ4v) is 4.60. The molecule has 7 nitrogen and oxygen atoms in total. The van der Waals surface area contributed by atoms with E-state index in [9.17, 15) is 0 Å². The Morgan fingerprint density at radius 2 is 2.03 bits per heavy atom. The largest absolute Gasteiger partial charge is 0.485 e. The summed E-state index contributed by atoms with van der Waals surface area (Å²) in [7, 11) is 0. The van der Waals surface area contributed by atoms with Crippen LogP contribution in [0.4, 0.5) is 5.69 Å². The van der Waals surface area contributed by atoms with Crippen LogP contribution in [0.25, 0.3) is 11.2 Å². The van der Waals surface area contributed by atoms with Gasteiger partial charge in [0.1, 0.15) is 23.0 Å². The molecule has 4 aromatic rings. The van der Waals surface area contributed by atoms with Gasteiger partial charge in [0.15, 0.2) is 11.4 Å². The molecule has 0 saturated heterocycles. The number of nitrogens with zero attached hydrogens (tertiary/aromatic N) is 4. The molecule has 1 aliphatic carbocycles. The van der Waals surface area contributed by atoms with Crippen LogP contribution < -0.4 is 10.1 Å². The standard InChI is InChI=1S/C23H23Cl2N5O2/c1-14-8-18(32-29-14)12-31-20-7-6-16(24)9-15(20)11-26-19-10-21(25)28-23-22(19)27-13-30(23)17-4-2-3-5-17/h6-10,13,17H,2-5,11-12H2,1H3,(H,26,28). The van der Waals surface area contributed by atoms with Crippen LogP contribution in [0.3, 0.4) is 0 Å². The van der Waals surface area contributed by atoms with Gasteiger partial charge in [-0.3, -0.25) is 0 Å². The number of rotatable bonds is 7. The van der Waals surface area contributed by atoms with Gasteiger partial charge in [0.05, 0.1) is 17.7 Å². The number of aryl methyl sites for hydroxylation is 1. The number of hydrogen-bond donors (Lipinski definition) is 1. The zero-order chi connectivity index (χ0) is 22.1. The maximum absolute atomic E-state index is 6.36. The first kappa shape index (κ1) is 21.1. The second kappa shape index (κ2) is 9.00. The van der Waals surface area contributed by atoms with Crippen molar-refractivity contribution >= 4 is 40.1 Å². The number of benzene rings is 1. The minimum atomic E-state index is 0.284. The van der Waals surface area contributed by atoms with E-state index in [-0.39, 0.29) is 6.61 Å². The Balaban J connectivity index is 1.38. The first-order valence-corrected chi connectivity index (χ1v) is 11.4. The van der Waals surface area contributed by atoms with Gasteiger partial charge in [-0.25, -0.2) is 9.97 Å². The summed E-state index contributed by atoms with van der Waals surface area (Å²) >= 11 is 12.6. The molecule has 1 fully saturated rings. The van der Waals surface area contributed by atoms with Crippen molar-refractivity contribution in [3.8, 4) is 5.75 Å². The molecule has 1 aliphatic rings. The molecule has 1 saturated carbocycles. The molecular formula is C23H23Cl2N5O2. The molecule has 1 N–H and O–H groups in total. The van der Waals surface area contributed by atoms with Crippen LogP contribution >= 0.6 is 23.2 Å². The highest BCUT2D eigenvalue weighted by Gasteiger charge is 2.21. The predicted molar refractivity (Wildman–Crippen MR) is 124 cm³/mol. The smallest absolute Gasteiger partial charge is 0.174 e. The Bertz CT molecular complexity index is 1250. The van der Waals surface area contributed by atoms with Crippen LogP contribution in [0.5, 0.6) is 5.75 Å². The van der Waals surface area contributed by atoms with Crippen LogP contribution in [-0.4, -0.2) is 19.7 Å². The molecule has 0 radical (unpaired) electrons. The SMILES string of the molecule is Cc1cc(COc2ccc(Cl)cc2CNc2cc(Cl)nc3c2ncn3C2CCCC2)on1. The molecule has 0 bridgehead atoms. The van der Waals surface area contributed by atoms with Crippen molar-refractivity contribution in [2.45, 2.75) is 51.8 Å². The number of halogens is 2. The predicted octanol–water partition coefficient (Wildman–Crippen LogP) is 6.34. The van der Waals surface area contributed by atoms with Crippen molar-refractivity contribution in [1.82, 2.24) is 19.7 Å². The topological polar surface area (TPSA) is 78.0 Å². The van der Waals surface area contributed by atoms with E-state index in [4.69, 9.17) is 32.5 Å². The lowest BCUT2D eigenvalue weighted by molar-refractivity contribution is 0.247. The van der Waals surface area contributed by atoms with Gasteiger partial charge in [-0.1, -0.05) is 41.2 Å².